The molecule has 1 atom stereocenters. The van der Waals surface area contributed by atoms with E-state index >= 15 is 0 Å². The van der Waals surface area contributed by atoms with Gasteiger partial charge >= 0.3 is 6.18 Å². The quantitative estimate of drug-likeness (QED) is 0.693. The summed E-state index contributed by atoms with van der Waals surface area (Å²) in [4.78, 5) is 28.7. The summed E-state index contributed by atoms with van der Waals surface area (Å²) in [7, 11) is 0. The predicted octanol–water partition coefficient (Wildman–Crippen LogP) is 3.16. The molecule has 0 radical (unpaired) electrons. The molecular formula is C23H24F3N5O2. The highest BCUT2D eigenvalue weighted by atomic mass is 19.4. The topological polar surface area (TPSA) is 88.5 Å². The zero-order chi connectivity index (χ0) is 24.0. The van der Waals surface area contributed by atoms with Crippen LogP contribution < -0.4 is 10.6 Å². The summed E-state index contributed by atoms with van der Waals surface area (Å²) in [5.74, 6) is -0.733. The van der Waals surface area contributed by atoms with E-state index < -0.39 is 23.7 Å². The molecule has 1 aliphatic heterocycles. The van der Waals surface area contributed by atoms with E-state index in [0.29, 0.717) is 37.4 Å². The smallest absolute Gasteiger partial charge is 0.325 e. The Morgan fingerprint density at radius 1 is 1.06 bits per heavy atom. The molecule has 174 valence electrons. The van der Waals surface area contributed by atoms with E-state index in [1.165, 1.54) is 18.2 Å². The fraction of sp³-hybridized carbons (Fsp3) is 0.348. The number of halogens is 3. The molecule has 0 saturated carbocycles. The minimum absolute atomic E-state index is 0.0401. The number of nitrogens with zero attached hydrogens (tertiary/aromatic N) is 3. The lowest BCUT2D eigenvalue weighted by Gasteiger charge is -2.37. The molecule has 10 heteroatoms. The van der Waals surface area contributed by atoms with Crippen molar-refractivity contribution in [3.8, 4) is 6.07 Å². The van der Waals surface area contributed by atoms with Crippen LogP contribution in [0.3, 0.4) is 0 Å². The number of rotatable bonds is 6. The highest BCUT2D eigenvalue weighted by Gasteiger charge is 2.34. The Labute approximate surface area is 189 Å². The molecule has 2 amide bonds. The number of hydrogen-bond donors (Lipinski definition) is 2. The van der Waals surface area contributed by atoms with Gasteiger partial charge in [-0.15, -0.1) is 0 Å². The Morgan fingerprint density at radius 3 is 2.42 bits per heavy atom. The fourth-order valence-corrected chi connectivity index (χ4v) is 3.62. The number of alkyl halides is 3. The summed E-state index contributed by atoms with van der Waals surface area (Å²) in [6.07, 6.45) is -4.55. The largest absolute Gasteiger partial charge is 0.418 e. The lowest BCUT2D eigenvalue weighted by atomic mass is 10.1. The van der Waals surface area contributed by atoms with Gasteiger partial charge in [0.05, 0.1) is 35.5 Å². The Hall–Kier alpha value is -3.42. The van der Waals surface area contributed by atoms with Crippen molar-refractivity contribution in [3.63, 3.8) is 0 Å². The minimum atomic E-state index is -4.55. The number of carbonyl (C=O) groups is 2. The Balaban J connectivity index is 1.49. The van der Waals surface area contributed by atoms with Gasteiger partial charge in [0.25, 0.3) is 0 Å². The maximum absolute atomic E-state index is 13.1. The van der Waals surface area contributed by atoms with Crippen molar-refractivity contribution >= 4 is 23.2 Å². The molecule has 1 saturated heterocycles. The standard InChI is InChI=1S/C23H24F3N5O2/c1-16(22(33)28-18-6-4-5-17(13-18)14-27)31-11-9-30(10-12-31)15-21(32)29-20-8-3-2-7-19(20)23(24,25)26/h2-8,13,16H,9-12,15H2,1H3,(H,28,33)(H,29,32)/t16-/m0/s1. The summed E-state index contributed by atoms with van der Waals surface area (Å²) in [6.45, 7) is 3.78. The van der Waals surface area contributed by atoms with E-state index in [9.17, 15) is 22.8 Å². The van der Waals surface area contributed by atoms with Gasteiger partial charge in [-0.2, -0.15) is 18.4 Å². The molecule has 0 spiro atoms. The zero-order valence-corrected chi connectivity index (χ0v) is 18.0. The average molecular weight is 459 g/mol. The van der Waals surface area contributed by atoms with Gasteiger partial charge in [-0.3, -0.25) is 19.4 Å². The van der Waals surface area contributed by atoms with E-state index in [1.807, 2.05) is 15.9 Å². The van der Waals surface area contributed by atoms with Crippen molar-refractivity contribution < 1.29 is 22.8 Å². The first-order valence-electron chi connectivity index (χ1n) is 10.4. The predicted molar refractivity (Wildman–Crippen MR) is 117 cm³/mol. The van der Waals surface area contributed by atoms with Gasteiger partial charge in [-0.1, -0.05) is 18.2 Å². The number of hydrogen-bond acceptors (Lipinski definition) is 5. The first kappa shape index (κ1) is 24.2. The molecule has 0 aromatic heterocycles. The van der Waals surface area contributed by atoms with Gasteiger partial charge in [0.1, 0.15) is 0 Å². The van der Waals surface area contributed by atoms with Gasteiger partial charge < -0.3 is 10.6 Å². The summed E-state index contributed by atoms with van der Waals surface area (Å²) < 4.78 is 39.3. The summed E-state index contributed by atoms with van der Waals surface area (Å²) >= 11 is 0. The third kappa shape index (κ3) is 6.54. The number of piperazine rings is 1. The van der Waals surface area contributed by atoms with Crippen LogP contribution in [0.4, 0.5) is 24.5 Å². The Bertz CT molecular complexity index is 1040. The molecule has 3 rings (SSSR count). The number of nitrogens with one attached hydrogen (secondary N) is 2. The molecule has 33 heavy (non-hydrogen) atoms. The third-order valence-corrected chi connectivity index (χ3v) is 5.47. The Kier molecular flexibility index (Phi) is 7.68. The second-order valence-electron chi connectivity index (χ2n) is 7.76. The number of carbonyl (C=O) groups excluding carboxylic acids is 2. The number of para-hydroxylation sites is 1. The van der Waals surface area contributed by atoms with Crippen LogP contribution in [-0.2, 0) is 15.8 Å². The number of amides is 2. The van der Waals surface area contributed by atoms with Gasteiger partial charge in [-0.25, -0.2) is 0 Å². The van der Waals surface area contributed by atoms with Crippen LogP contribution in [0.2, 0.25) is 0 Å². The first-order chi connectivity index (χ1) is 15.7. The van der Waals surface area contributed by atoms with E-state index in [4.69, 9.17) is 5.26 Å². The van der Waals surface area contributed by atoms with E-state index in [0.717, 1.165) is 6.07 Å². The number of nitriles is 1. The summed E-state index contributed by atoms with van der Waals surface area (Å²) in [6, 6.07) is 13.1. The van der Waals surface area contributed by atoms with Crippen molar-refractivity contribution in [2.24, 2.45) is 0 Å². The van der Waals surface area contributed by atoms with Crippen LogP contribution in [0.15, 0.2) is 48.5 Å². The minimum Gasteiger partial charge on any atom is -0.325 e. The van der Waals surface area contributed by atoms with E-state index in [-0.39, 0.29) is 18.1 Å². The molecule has 7 nitrogen and oxygen atoms in total. The van der Waals surface area contributed by atoms with Gasteiger partial charge in [0.2, 0.25) is 11.8 Å². The maximum atomic E-state index is 13.1. The van der Waals surface area contributed by atoms with Gasteiger partial charge in [-0.05, 0) is 37.3 Å². The molecule has 2 aromatic carbocycles. The molecule has 2 aromatic rings. The molecule has 1 heterocycles. The highest BCUT2D eigenvalue weighted by molar-refractivity contribution is 5.95. The van der Waals surface area contributed by atoms with Crippen LogP contribution in [0, 0.1) is 11.3 Å². The monoisotopic (exact) mass is 459 g/mol. The molecule has 0 unspecified atom stereocenters. The number of benzene rings is 2. The SMILES string of the molecule is C[C@@H](C(=O)Nc1cccc(C#N)c1)N1CCN(CC(=O)Nc2ccccc2C(F)(F)F)CC1. The van der Waals surface area contributed by atoms with Crippen LogP contribution in [0.25, 0.3) is 0 Å². The molecule has 1 fully saturated rings. The normalized spacial score (nSPS) is 16.0. The zero-order valence-electron chi connectivity index (χ0n) is 18.0. The molecule has 0 aliphatic carbocycles. The van der Waals surface area contributed by atoms with Gasteiger partial charge in [0.15, 0.2) is 0 Å². The second-order valence-corrected chi connectivity index (χ2v) is 7.76. The Morgan fingerprint density at radius 2 is 1.76 bits per heavy atom. The lowest BCUT2D eigenvalue weighted by Crippen LogP contribution is -2.53. The summed E-state index contributed by atoms with van der Waals surface area (Å²) in [5.41, 5.74) is -0.159. The average Bonchev–Trinajstić information content (AvgIpc) is 2.78. The molecular weight excluding hydrogens is 435 g/mol. The molecule has 0 bridgehead atoms. The van der Waals surface area contributed by atoms with Crippen LogP contribution >= 0.6 is 0 Å². The first-order valence-corrected chi connectivity index (χ1v) is 10.4. The van der Waals surface area contributed by atoms with Crippen molar-refractivity contribution in [1.82, 2.24) is 9.80 Å². The molecule has 1 aliphatic rings. The summed E-state index contributed by atoms with van der Waals surface area (Å²) in [5, 5.41) is 14.1. The van der Waals surface area contributed by atoms with E-state index in [2.05, 4.69) is 10.6 Å². The molecule has 2 N–H and O–H groups in total. The third-order valence-electron chi connectivity index (χ3n) is 5.47. The maximum Gasteiger partial charge on any atom is 0.418 e. The lowest BCUT2D eigenvalue weighted by molar-refractivity contribution is -0.137. The van der Waals surface area contributed by atoms with Gasteiger partial charge in [0, 0.05) is 31.9 Å². The van der Waals surface area contributed by atoms with Crippen LogP contribution in [-0.4, -0.2) is 60.4 Å². The van der Waals surface area contributed by atoms with E-state index in [1.54, 1.807) is 31.2 Å². The second kappa shape index (κ2) is 10.5. The van der Waals surface area contributed by atoms with Crippen molar-refractivity contribution in [2.75, 3.05) is 43.4 Å². The highest BCUT2D eigenvalue weighted by Crippen LogP contribution is 2.34. The van der Waals surface area contributed by atoms with Crippen molar-refractivity contribution in [1.29, 1.82) is 5.26 Å². The number of anilines is 2. The van der Waals surface area contributed by atoms with Crippen molar-refractivity contribution in [2.45, 2.75) is 19.1 Å². The van der Waals surface area contributed by atoms with Crippen molar-refractivity contribution in [3.05, 3.63) is 59.7 Å². The fourth-order valence-electron chi connectivity index (χ4n) is 3.62. The van der Waals surface area contributed by atoms with Crippen LogP contribution in [0.5, 0.6) is 0 Å². The van der Waals surface area contributed by atoms with Crippen LogP contribution in [0.1, 0.15) is 18.1 Å².